The molecule has 5 rings (SSSR count). The van der Waals surface area contributed by atoms with Crippen molar-refractivity contribution in [3.63, 3.8) is 0 Å². The lowest BCUT2D eigenvalue weighted by Gasteiger charge is -2.30. The van der Waals surface area contributed by atoms with E-state index in [1.54, 1.807) is 0 Å². The van der Waals surface area contributed by atoms with E-state index in [1.165, 1.54) is 6.07 Å². The molecule has 0 spiro atoms. The van der Waals surface area contributed by atoms with Crippen LogP contribution in [0.15, 0.2) is 60.7 Å². The SMILES string of the molecule is CCOCC1COC(c2cc(F)c(C(F)(F)Oc3ccc(-c4ccc(-c5cc(F)c(F)c(F)c5)c(F)c4)c(F)c3)c(F)c2)OC1. The van der Waals surface area contributed by atoms with Crippen LogP contribution < -0.4 is 4.74 Å². The summed E-state index contributed by atoms with van der Waals surface area (Å²) < 4.78 is 150. The van der Waals surface area contributed by atoms with Crippen LogP contribution in [0.25, 0.3) is 22.3 Å². The van der Waals surface area contributed by atoms with Gasteiger partial charge in [0.05, 0.1) is 19.8 Å². The van der Waals surface area contributed by atoms with Crippen LogP contribution in [0.5, 0.6) is 5.75 Å². The van der Waals surface area contributed by atoms with Crippen LogP contribution in [0, 0.1) is 46.6 Å². The number of rotatable bonds is 9. The molecular weight excluding hydrogens is 619 g/mol. The van der Waals surface area contributed by atoms with Crippen LogP contribution in [0.4, 0.5) is 39.5 Å². The van der Waals surface area contributed by atoms with Gasteiger partial charge in [0, 0.05) is 35.3 Å². The second kappa shape index (κ2) is 13.1. The lowest BCUT2D eigenvalue weighted by molar-refractivity contribution is -0.212. The van der Waals surface area contributed by atoms with Crippen molar-refractivity contribution in [2.75, 3.05) is 26.4 Å². The van der Waals surface area contributed by atoms with Crippen LogP contribution in [0.2, 0.25) is 0 Å². The Morgan fingerprint density at radius 1 is 0.689 bits per heavy atom. The summed E-state index contributed by atoms with van der Waals surface area (Å²) in [6.07, 6.45) is -5.79. The predicted octanol–water partition coefficient (Wildman–Crippen LogP) is 8.82. The number of alkyl halides is 2. The molecule has 0 unspecified atom stereocenters. The Kier molecular flexibility index (Phi) is 9.42. The first kappa shape index (κ1) is 32.3. The van der Waals surface area contributed by atoms with E-state index in [0.29, 0.717) is 43.5 Å². The molecule has 0 atom stereocenters. The largest absolute Gasteiger partial charge is 0.432 e. The minimum Gasteiger partial charge on any atom is -0.429 e. The Bertz CT molecular complexity index is 1660. The second-order valence-electron chi connectivity index (χ2n) is 10.1. The van der Waals surface area contributed by atoms with E-state index in [9.17, 15) is 39.5 Å². The first-order valence-electron chi connectivity index (χ1n) is 13.5. The fourth-order valence-corrected chi connectivity index (χ4v) is 4.74. The van der Waals surface area contributed by atoms with Crippen LogP contribution in [-0.4, -0.2) is 26.4 Å². The molecule has 4 aromatic carbocycles. The third-order valence-corrected chi connectivity index (χ3v) is 6.91. The molecule has 1 heterocycles. The topological polar surface area (TPSA) is 36.9 Å². The summed E-state index contributed by atoms with van der Waals surface area (Å²) in [4.78, 5) is 0. The summed E-state index contributed by atoms with van der Waals surface area (Å²) in [6, 6.07) is 7.80. The molecule has 4 aromatic rings. The summed E-state index contributed by atoms with van der Waals surface area (Å²) in [5.41, 5.74) is -2.93. The monoisotopic (exact) mass is 642 g/mol. The molecule has 1 fully saturated rings. The summed E-state index contributed by atoms with van der Waals surface area (Å²) in [5.74, 6) is -11.3. The molecule has 1 aliphatic heterocycles. The van der Waals surface area contributed by atoms with Gasteiger partial charge in [-0.2, -0.15) is 8.78 Å². The van der Waals surface area contributed by atoms with Gasteiger partial charge >= 0.3 is 6.11 Å². The number of halogens is 9. The zero-order valence-corrected chi connectivity index (χ0v) is 23.3. The molecule has 0 aliphatic carbocycles. The van der Waals surface area contributed by atoms with Gasteiger partial charge in [-0.05, 0) is 60.5 Å². The summed E-state index contributed by atoms with van der Waals surface area (Å²) in [6.45, 7) is 2.94. The predicted molar refractivity (Wildman–Crippen MR) is 143 cm³/mol. The molecule has 0 saturated carbocycles. The van der Waals surface area contributed by atoms with Crippen molar-refractivity contribution in [1.29, 1.82) is 0 Å². The highest BCUT2D eigenvalue weighted by Crippen LogP contribution is 2.39. The second-order valence-corrected chi connectivity index (χ2v) is 10.1. The van der Waals surface area contributed by atoms with Crippen LogP contribution >= 0.6 is 0 Å². The smallest absolute Gasteiger partial charge is 0.429 e. The van der Waals surface area contributed by atoms with Gasteiger partial charge in [-0.25, -0.2) is 30.7 Å². The number of hydrogen-bond donors (Lipinski definition) is 0. The van der Waals surface area contributed by atoms with Crippen molar-refractivity contribution >= 4 is 0 Å². The molecule has 238 valence electrons. The van der Waals surface area contributed by atoms with E-state index in [1.807, 2.05) is 6.92 Å². The first-order chi connectivity index (χ1) is 21.4. The lowest BCUT2D eigenvalue weighted by Crippen LogP contribution is -2.31. The number of hydrogen-bond acceptors (Lipinski definition) is 4. The minimum atomic E-state index is -4.59. The van der Waals surface area contributed by atoms with Gasteiger partial charge in [0.15, 0.2) is 23.7 Å². The van der Waals surface area contributed by atoms with Crippen LogP contribution in [0.1, 0.15) is 24.3 Å². The summed E-state index contributed by atoms with van der Waals surface area (Å²) >= 11 is 0. The van der Waals surface area contributed by atoms with E-state index in [4.69, 9.17) is 14.2 Å². The van der Waals surface area contributed by atoms with Crippen molar-refractivity contribution in [2.24, 2.45) is 5.92 Å². The van der Waals surface area contributed by atoms with E-state index < -0.39 is 64.4 Å². The minimum absolute atomic E-state index is 0.0980. The molecule has 0 radical (unpaired) electrons. The van der Waals surface area contributed by atoms with Gasteiger partial charge in [0.25, 0.3) is 0 Å². The highest BCUT2D eigenvalue weighted by molar-refractivity contribution is 5.72. The molecule has 0 aromatic heterocycles. The molecule has 4 nitrogen and oxygen atoms in total. The van der Waals surface area contributed by atoms with E-state index >= 15 is 0 Å². The van der Waals surface area contributed by atoms with Gasteiger partial charge in [0.2, 0.25) is 0 Å². The van der Waals surface area contributed by atoms with E-state index in [0.717, 1.165) is 24.3 Å². The zero-order valence-electron chi connectivity index (χ0n) is 23.3. The number of ether oxygens (including phenoxy) is 4. The fourth-order valence-electron chi connectivity index (χ4n) is 4.74. The van der Waals surface area contributed by atoms with E-state index in [-0.39, 0.29) is 46.9 Å². The average Bonchev–Trinajstić information content (AvgIpc) is 2.98. The maximum Gasteiger partial charge on any atom is 0.432 e. The zero-order chi connectivity index (χ0) is 32.5. The Morgan fingerprint density at radius 3 is 1.82 bits per heavy atom. The Balaban J connectivity index is 1.32. The normalized spacial score (nSPS) is 17.0. The molecule has 0 N–H and O–H groups in total. The summed E-state index contributed by atoms with van der Waals surface area (Å²) in [5, 5.41) is 0. The third-order valence-electron chi connectivity index (χ3n) is 6.91. The Labute approximate surface area is 250 Å². The van der Waals surface area contributed by atoms with Gasteiger partial charge in [0.1, 0.15) is 34.6 Å². The standard InChI is InChI=1S/C32H23F9O4/c1-2-42-13-16-14-43-31(44-15-16)19-10-25(35)29(26(36)11-19)32(40,41)45-20-4-6-21(24(34)12-20)17-3-5-22(23(33)7-17)18-8-27(37)30(39)28(38)9-18/h3-12,16,31H,2,13-15H2,1H3. The summed E-state index contributed by atoms with van der Waals surface area (Å²) in [7, 11) is 0. The van der Waals surface area contributed by atoms with Crippen LogP contribution in [0.3, 0.4) is 0 Å². The maximum absolute atomic E-state index is 15.0. The molecule has 0 bridgehead atoms. The Morgan fingerprint density at radius 2 is 1.24 bits per heavy atom. The van der Waals surface area contributed by atoms with Crippen molar-refractivity contribution < 1.29 is 58.5 Å². The van der Waals surface area contributed by atoms with Gasteiger partial charge in [-0.15, -0.1) is 0 Å². The molecular formula is C32H23F9O4. The van der Waals surface area contributed by atoms with Crippen molar-refractivity contribution in [3.8, 4) is 28.0 Å². The van der Waals surface area contributed by atoms with Crippen molar-refractivity contribution in [3.05, 3.63) is 113 Å². The van der Waals surface area contributed by atoms with Gasteiger partial charge in [-0.3, -0.25) is 0 Å². The van der Waals surface area contributed by atoms with Gasteiger partial charge < -0.3 is 18.9 Å². The highest BCUT2D eigenvalue weighted by Gasteiger charge is 2.42. The molecule has 1 saturated heterocycles. The highest BCUT2D eigenvalue weighted by atomic mass is 19.3. The molecule has 1 aliphatic rings. The third kappa shape index (κ3) is 6.95. The van der Waals surface area contributed by atoms with Crippen molar-refractivity contribution in [1.82, 2.24) is 0 Å². The lowest BCUT2D eigenvalue weighted by atomic mass is 9.99. The quantitative estimate of drug-likeness (QED) is 0.135. The molecule has 13 heteroatoms. The molecule has 0 amide bonds. The average molecular weight is 643 g/mol. The van der Waals surface area contributed by atoms with Crippen LogP contribution in [-0.2, 0) is 20.3 Å². The number of benzene rings is 4. The van der Waals surface area contributed by atoms with Gasteiger partial charge in [-0.1, -0.05) is 12.1 Å². The molecule has 45 heavy (non-hydrogen) atoms. The maximum atomic E-state index is 15.0. The van der Waals surface area contributed by atoms with Crippen molar-refractivity contribution in [2.45, 2.75) is 19.3 Å². The first-order valence-corrected chi connectivity index (χ1v) is 13.5. The van der Waals surface area contributed by atoms with E-state index in [2.05, 4.69) is 4.74 Å². The Hall–Kier alpha value is -4.07. The fraction of sp³-hybridized carbons (Fsp3) is 0.250.